The van der Waals surface area contributed by atoms with Gasteiger partial charge in [-0.05, 0) is 61.9 Å². The minimum Gasteiger partial charge on any atom is -0.317 e. The first-order valence-corrected chi connectivity index (χ1v) is 11.0. The van der Waals surface area contributed by atoms with Crippen molar-refractivity contribution in [1.29, 1.82) is 0 Å². The van der Waals surface area contributed by atoms with Crippen LogP contribution in [0, 0.1) is 5.92 Å². The summed E-state index contributed by atoms with van der Waals surface area (Å²) in [6.07, 6.45) is 7.09. The number of thiophene rings is 1. The Balaban J connectivity index is 1.73. The van der Waals surface area contributed by atoms with Crippen LogP contribution in [0.15, 0.2) is 61.1 Å². The number of pyridine rings is 1. The van der Waals surface area contributed by atoms with E-state index >= 15 is 0 Å². The number of benzene rings is 1. The van der Waals surface area contributed by atoms with Crippen molar-refractivity contribution in [2.24, 2.45) is 5.92 Å². The lowest BCUT2D eigenvalue weighted by Gasteiger charge is -2.31. The summed E-state index contributed by atoms with van der Waals surface area (Å²) in [5, 5.41) is 1.23. The molecule has 5 heteroatoms. The first kappa shape index (κ1) is 18.3. The summed E-state index contributed by atoms with van der Waals surface area (Å²) in [5.74, 6) is 1.69. The van der Waals surface area contributed by atoms with E-state index in [9.17, 15) is 0 Å². The van der Waals surface area contributed by atoms with Crippen LogP contribution >= 0.6 is 11.3 Å². The average Bonchev–Trinajstić information content (AvgIpc) is 3.14. The van der Waals surface area contributed by atoms with Gasteiger partial charge in [-0.15, -0.1) is 11.3 Å². The van der Waals surface area contributed by atoms with Gasteiger partial charge in [0.2, 0.25) is 0 Å². The van der Waals surface area contributed by atoms with Crippen LogP contribution in [-0.4, -0.2) is 15.0 Å². The van der Waals surface area contributed by atoms with Crippen LogP contribution in [-0.2, 0) is 12.8 Å². The molecule has 4 aromatic rings. The van der Waals surface area contributed by atoms with Gasteiger partial charge in [0.05, 0.1) is 17.1 Å². The van der Waals surface area contributed by atoms with Crippen LogP contribution in [0.25, 0.3) is 10.2 Å². The Bertz CT molecular complexity index is 1120. The number of para-hydroxylation sites is 1. The molecule has 0 saturated heterocycles. The van der Waals surface area contributed by atoms with Gasteiger partial charge < -0.3 is 4.90 Å². The van der Waals surface area contributed by atoms with Gasteiger partial charge in [0.15, 0.2) is 0 Å². The van der Waals surface area contributed by atoms with Crippen molar-refractivity contribution < 1.29 is 0 Å². The molecule has 0 spiro atoms. The molecule has 2 unspecified atom stereocenters. The van der Waals surface area contributed by atoms with Gasteiger partial charge in [-0.2, -0.15) is 0 Å². The predicted octanol–water partition coefficient (Wildman–Crippen LogP) is 6.11. The normalized spacial score (nSPS) is 17.1. The molecule has 0 amide bonds. The summed E-state index contributed by atoms with van der Waals surface area (Å²) in [6.45, 7) is 4.55. The lowest BCUT2D eigenvalue weighted by atomic mass is 9.88. The Morgan fingerprint density at radius 3 is 2.66 bits per heavy atom. The molecule has 0 fully saturated rings. The zero-order valence-electron chi connectivity index (χ0n) is 16.7. The van der Waals surface area contributed by atoms with Gasteiger partial charge in [0, 0.05) is 16.8 Å². The summed E-state index contributed by atoms with van der Waals surface area (Å²) in [6, 6.07) is 16.7. The maximum atomic E-state index is 4.83. The molecule has 1 aromatic carbocycles. The highest BCUT2D eigenvalue weighted by atomic mass is 32.1. The fraction of sp³-hybridized carbons (Fsp3) is 0.292. The van der Waals surface area contributed by atoms with Crippen LogP contribution in [0.4, 0.5) is 11.5 Å². The Morgan fingerprint density at radius 1 is 1.03 bits per heavy atom. The lowest BCUT2D eigenvalue weighted by Crippen LogP contribution is -2.24. The van der Waals surface area contributed by atoms with E-state index in [1.165, 1.54) is 22.2 Å². The Labute approximate surface area is 175 Å². The summed E-state index contributed by atoms with van der Waals surface area (Å²) < 4.78 is 0. The standard InChI is InChI=1S/C24H24N4S/c1-16-11-12-21-19(14-16)22-23(26-15-27-24(22)29-21)28(18-8-4-3-5-9-18)17(2)20-10-6-7-13-25-20/h3-10,13,15-17H,11-12,14H2,1-2H3. The zero-order chi connectivity index (χ0) is 19.8. The molecule has 146 valence electrons. The fourth-order valence-corrected chi connectivity index (χ4v) is 5.50. The number of anilines is 2. The second-order valence-electron chi connectivity index (χ2n) is 7.87. The quantitative estimate of drug-likeness (QED) is 0.414. The number of aromatic nitrogens is 3. The van der Waals surface area contributed by atoms with Crippen molar-refractivity contribution in [2.75, 3.05) is 4.90 Å². The summed E-state index contributed by atoms with van der Waals surface area (Å²) in [5.41, 5.74) is 3.60. The van der Waals surface area contributed by atoms with E-state index in [1.807, 2.05) is 29.7 Å². The molecule has 4 nitrogen and oxygen atoms in total. The summed E-state index contributed by atoms with van der Waals surface area (Å²) in [4.78, 5) is 19.0. The molecule has 0 bridgehead atoms. The van der Waals surface area contributed by atoms with Crippen LogP contribution in [0.3, 0.4) is 0 Å². The lowest BCUT2D eigenvalue weighted by molar-refractivity contribution is 0.508. The molecule has 1 aliphatic rings. The third kappa shape index (κ3) is 3.29. The number of fused-ring (bicyclic) bond motifs is 3. The minimum absolute atomic E-state index is 0.0493. The van der Waals surface area contributed by atoms with Gasteiger partial charge in [-0.25, -0.2) is 9.97 Å². The molecule has 0 aliphatic heterocycles. The van der Waals surface area contributed by atoms with E-state index in [1.54, 1.807) is 6.33 Å². The number of hydrogen-bond donors (Lipinski definition) is 0. The first-order valence-electron chi connectivity index (χ1n) is 10.2. The maximum Gasteiger partial charge on any atom is 0.146 e. The molecular weight excluding hydrogens is 376 g/mol. The molecule has 2 atom stereocenters. The average molecular weight is 401 g/mol. The third-order valence-corrected chi connectivity index (χ3v) is 7.03. The first-order chi connectivity index (χ1) is 14.2. The van der Waals surface area contributed by atoms with Crippen molar-refractivity contribution in [1.82, 2.24) is 15.0 Å². The molecule has 5 rings (SSSR count). The molecule has 0 radical (unpaired) electrons. The van der Waals surface area contributed by atoms with Gasteiger partial charge in [0.1, 0.15) is 17.0 Å². The van der Waals surface area contributed by atoms with Crippen LogP contribution < -0.4 is 4.90 Å². The maximum absolute atomic E-state index is 4.83. The largest absolute Gasteiger partial charge is 0.317 e. The van der Waals surface area contributed by atoms with Crippen molar-refractivity contribution in [2.45, 2.75) is 39.2 Å². The second kappa shape index (κ2) is 7.56. The highest BCUT2D eigenvalue weighted by Crippen LogP contribution is 2.44. The van der Waals surface area contributed by atoms with Crippen molar-refractivity contribution in [3.63, 3.8) is 0 Å². The number of aryl methyl sites for hydroxylation is 1. The molecule has 1 aliphatic carbocycles. The second-order valence-corrected chi connectivity index (χ2v) is 8.95. The molecular formula is C24H24N4S. The molecule has 29 heavy (non-hydrogen) atoms. The van der Waals surface area contributed by atoms with Crippen molar-refractivity contribution >= 4 is 33.1 Å². The highest BCUT2D eigenvalue weighted by molar-refractivity contribution is 7.19. The fourth-order valence-electron chi connectivity index (χ4n) is 4.32. The Kier molecular flexibility index (Phi) is 4.76. The molecule has 0 saturated carbocycles. The molecule has 3 heterocycles. The molecule has 0 N–H and O–H groups in total. The summed E-state index contributed by atoms with van der Waals surface area (Å²) >= 11 is 1.84. The summed E-state index contributed by atoms with van der Waals surface area (Å²) in [7, 11) is 0. The zero-order valence-corrected chi connectivity index (χ0v) is 17.6. The van der Waals surface area contributed by atoms with Gasteiger partial charge >= 0.3 is 0 Å². The Morgan fingerprint density at radius 2 is 1.86 bits per heavy atom. The highest BCUT2D eigenvalue weighted by Gasteiger charge is 2.28. The van der Waals surface area contributed by atoms with E-state index in [0.29, 0.717) is 5.92 Å². The topological polar surface area (TPSA) is 41.9 Å². The van der Waals surface area contributed by atoms with E-state index in [0.717, 1.165) is 34.9 Å². The van der Waals surface area contributed by atoms with E-state index in [-0.39, 0.29) is 6.04 Å². The van der Waals surface area contributed by atoms with Crippen molar-refractivity contribution in [3.05, 3.63) is 77.2 Å². The van der Waals surface area contributed by atoms with E-state index < -0.39 is 0 Å². The number of rotatable bonds is 4. The van der Waals surface area contributed by atoms with Crippen LogP contribution in [0.5, 0.6) is 0 Å². The number of hydrogen-bond acceptors (Lipinski definition) is 5. The van der Waals surface area contributed by atoms with Crippen LogP contribution in [0.2, 0.25) is 0 Å². The number of nitrogens with zero attached hydrogens (tertiary/aromatic N) is 4. The SMILES string of the molecule is CC1CCc2sc3ncnc(N(c4ccccc4)C(C)c4ccccn4)c3c2C1. The Hall–Kier alpha value is -2.79. The van der Waals surface area contributed by atoms with E-state index in [2.05, 4.69) is 65.1 Å². The molecule has 3 aromatic heterocycles. The third-order valence-electron chi connectivity index (χ3n) is 5.83. The van der Waals surface area contributed by atoms with Gasteiger partial charge in [-0.3, -0.25) is 4.98 Å². The smallest absolute Gasteiger partial charge is 0.146 e. The van der Waals surface area contributed by atoms with Gasteiger partial charge in [0.25, 0.3) is 0 Å². The minimum atomic E-state index is 0.0493. The van der Waals surface area contributed by atoms with Gasteiger partial charge in [-0.1, -0.05) is 31.2 Å². The van der Waals surface area contributed by atoms with Crippen LogP contribution in [0.1, 0.15) is 42.4 Å². The van der Waals surface area contributed by atoms with E-state index in [4.69, 9.17) is 4.98 Å². The van der Waals surface area contributed by atoms with Crippen molar-refractivity contribution in [3.8, 4) is 0 Å². The monoisotopic (exact) mass is 400 g/mol. The predicted molar refractivity (Wildman–Crippen MR) is 120 cm³/mol.